The molecule has 33 heteroatoms. The number of aliphatic hydroxyl groups excluding tert-OH is 2. The normalized spacial score (nSPS) is 15.3. The largest absolute Gasteiger partial charge is 0.508 e. The Morgan fingerprint density at radius 2 is 0.920 bits per heavy atom. The van der Waals surface area contributed by atoms with E-state index in [1.807, 2.05) is 0 Å². The Morgan fingerprint density at radius 1 is 0.494 bits per heavy atom. The topological polar surface area (TPSA) is 527 Å². The molecule has 0 saturated heterocycles. The number of hydrogen-bond donors (Lipinski definition) is 18. The second kappa shape index (κ2) is 34.4. The van der Waals surface area contributed by atoms with Gasteiger partial charge < -0.3 is 94.4 Å². The predicted molar refractivity (Wildman–Crippen MR) is 303 cm³/mol. The quantitative estimate of drug-likeness (QED) is 0.0259. The first kappa shape index (κ1) is 71.7. The maximum Gasteiger partial charge on any atom is 0.305 e. The van der Waals surface area contributed by atoms with Crippen LogP contribution in [0, 0.1) is 11.8 Å². The number of nitrogens with two attached hydrogens (primary N) is 1. The predicted octanol–water partition coefficient (Wildman–Crippen LogP) is -4.96. The highest BCUT2D eigenvalue weighted by atomic mass is 16.4. The van der Waals surface area contributed by atoms with E-state index in [4.69, 9.17) is 5.73 Å². The Bertz CT molecular complexity index is 2870. The highest BCUT2D eigenvalue weighted by molar-refractivity contribution is 5.99. The highest BCUT2D eigenvalue weighted by Gasteiger charge is 2.38. The van der Waals surface area contributed by atoms with Crippen LogP contribution in [0.25, 0.3) is 0 Å². The zero-order chi connectivity index (χ0) is 65.4. The Balaban J connectivity index is 1.79. The van der Waals surface area contributed by atoms with Crippen molar-refractivity contribution in [2.24, 2.45) is 17.6 Å². The molecule has 1 aromatic carbocycles. The molecule has 0 saturated carbocycles. The number of imidazole rings is 2. The zero-order valence-electron chi connectivity index (χ0n) is 49.2. The number of aromatic nitrogens is 4. The maximum atomic E-state index is 14.1. The minimum absolute atomic E-state index is 0.0884. The number of amides is 11. The molecule has 0 radical (unpaired) electrons. The molecule has 0 unspecified atom stereocenters. The van der Waals surface area contributed by atoms with Crippen molar-refractivity contribution in [1.82, 2.24) is 73.1 Å². The van der Waals surface area contributed by atoms with E-state index in [1.54, 1.807) is 13.8 Å². The van der Waals surface area contributed by atoms with Crippen molar-refractivity contribution in [3.63, 3.8) is 0 Å². The van der Waals surface area contributed by atoms with Gasteiger partial charge in [-0.1, -0.05) is 39.8 Å². The minimum Gasteiger partial charge on any atom is -0.508 e. The number of carbonyl (C=O) groups excluding carboxylic acids is 11. The molecular formula is C54H79N15O18. The molecule has 12 atom stereocenters. The first-order valence-electron chi connectivity index (χ1n) is 27.6. The molecule has 3 rings (SSSR count). The van der Waals surface area contributed by atoms with Gasteiger partial charge in [-0.25, -0.2) is 9.97 Å². The second-order valence-electron chi connectivity index (χ2n) is 21.5. The lowest BCUT2D eigenvalue weighted by Crippen LogP contribution is -2.63. The fourth-order valence-corrected chi connectivity index (χ4v) is 8.45. The van der Waals surface area contributed by atoms with Gasteiger partial charge >= 0.3 is 11.9 Å². The van der Waals surface area contributed by atoms with Gasteiger partial charge in [0.15, 0.2) is 0 Å². The standard InChI is InChI=1S/C54H79N15O18/c1-24(2)15-36(64-47(80)34(13-14-40(74)75)62-49(82)37(61-29(8)72)17-31-20-56-22-58-31)51(84)68-43(27(6)70)53(86)65-38(18-32-21-57-23-59-32)48(81)60-26(5)46(79)67-42(25(3)4)52(85)69-44(28(7)71)54(87)66-39(19-41(76)77)50(83)63-35(45(55)78)16-30-9-11-33(73)12-10-30/h9-12,20-28,34-39,42-44,70-71,73H,13-19H2,1-8H3,(H2,55,78)(H,56,58)(H,57,59)(H,60,81)(H,61,72)(H,62,82)(H,63,83)(H,64,80)(H,65,86)(H,66,87)(H,67,79)(H,68,84)(H,69,85)(H,74,75)(H,76,77)/t26-,27+,28+,34-,35-,36-,37-,38-,39-,42-,43-,44-/m0/s1. The first-order valence-corrected chi connectivity index (χ1v) is 27.6. The number of aromatic amines is 2. The summed E-state index contributed by atoms with van der Waals surface area (Å²) in [6, 6.07) is -10.4. The number of aliphatic carboxylic acids is 2. The van der Waals surface area contributed by atoms with Crippen LogP contribution >= 0.6 is 0 Å². The summed E-state index contributed by atoms with van der Waals surface area (Å²) in [4.78, 5) is 185. The van der Waals surface area contributed by atoms with Gasteiger partial charge in [0.2, 0.25) is 65.0 Å². The smallest absolute Gasteiger partial charge is 0.305 e. The van der Waals surface area contributed by atoms with E-state index in [1.165, 1.54) is 70.1 Å². The van der Waals surface area contributed by atoms with Crippen molar-refractivity contribution in [3.8, 4) is 5.75 Å². The van der Waals surface area contributed by atoms with E-state index in [-0.39, 0.29) is 43.0 Å². The van der Waals surface area contributed by atoms with Crippen molar-refractivity contribution >= 4 is 76.9 Å². The van der Waals surface area contributed by atoms with Crippen LogP contribution in [0.4, 0.5) is 0 Å². The summed E-state index contributed by atoms with van der Waals surface area (Å²) < 4.78 is 0. The number of aromatic hydroxyl groups is 1. The Morgan fingerprint density at radius 3 is 1.38 bits per heavy atom. The van der Waals surface area contributed by atoms with Crippen LogP contribution in [0.1, 0.15) is 98.0 Å². The molecule has 0 spiro atoms. The summed E-state index contributed by atoms with van der Waals surface area (Å²) in [5.41, 5.74) is 6.65. The van der Waals surface area contributed by atoms with Gasteiger partial charge in [0, 0.05) is 56.4 Å². The third-order valence-electron chi connectivity index (χ3n) is 13.1. The summed E-state index contributed by atoms with van der Waals surface area (Å²) in [5.74, 6) is -15.2. The first-order chi connectivity index (χ1) is 40.8. The lowest BCUT2D eigenvalue weighted by atomic mass is 10.0. The Kier molecular flexibility index (Phi) is 28.4. The number of nitrogens with one attached hydrogen (secondary N) is 12. The molecule has 11 amide bonds. The number of primary amides is 1. The molecule has 478 valence electrons. The third kappa shape index (κ3) is 24.5. The van der Waals surface area contributed by atoms with E-state index >= 15 is 0 Å². The number of hydrogen-bond acceptors (Lipinski definition) is 18. The Hall–Kier alpha value is -9.53. The van der Waals surface area contributed by atoms with E-state index in [2.05, 4.69) is 73.1 Å². The average Bonchev–Trinajstić information content (AvgIpc) is 3.83. The monoisotopic (exact) mass is 1230 g/mol. The van der Waals surface area contributed by atoms with Crippen LogP contribution in [0.15, 0.2) is 49.3 Å². The van der Waals surface area contributed by atoms with Crippen molar-refractivity contribution in [1.29, 1.82) is 0 Å². The van der Waals surface area contributed by atoms with E-state index in [0.29, 0.717) is 11.3 Å². The zero-order valence-corrected chi connectivity index (χ0v) is 49.2. The summed E-state index contributed by atoms with van der Waals surface area (Å²) in [6.07, 6.45) is -0.896. The second-order valence-corrected chi connectivity index (χ2v) is 21.5. The molecule has 0 aliphatic heterocycles. The maximum absolute atomic E-state index is 14.1. The third-order valence-corrected chi connectivity index (χ3v) is 13.1. The molecule has 0 bridgehead atoms. The van der Waals surface area contributed by atoms with Gasteiger partial charge in [0.1, 0.15) is 66.2 Å². The molecule has 0 fully saturated rings. The van der Waals surface area contributed by atoms with Crippen LogP contribution in [0.5, 0.6) is 5.75 Å². The minimum atomic E-state index is -1.89. The average molecular weight is 1230 g/mol. The van der Waals surface area contributed by atoms with Crippen molar-refractivity contribution in [2.75, 3.05) is 0 Å². The van der Waals surface area contributed by atoms with Crippen LogP contribution < -0.4 is 58.9 Å². The molecule has 19 N–H and O–H groups in total. The fourth-order valence-electron chi connectivity index (χ4n) is 8.45. The summed E-state index contributed by atoms with van der Waals surface area (Å²) in [6.45, 7) is 11.0. The lowest BCUT2D eigenvalue weighted by Gasteiger charge is -2.29. The number of phenols is 1. The molecule has 33 nitrogen and oxygen atoms in total. The number of carboxylic acid groups (broad SMARTS) is 2. The van der Waals surface area contributed by atoms with Crippen LogP contribution in [0.3, 0.4) is 0 Å². The van der Waals surface area contributed by atoms with Gasteiger partial charge in [0.25, 0.3) is 0 Å². The number of aliphatic hydroxyl groups is 2. The van der Waals surface area contributed by atoms with Crippen LogP contribution in [-0.2, 0) is 81.6 Å². The molecule has 0 aliphatic rings. The Labute approximate surface area is 499 Å². The molecule has 2 heterocycles. The molecular weight excluding hydrogens is 1150 g/mol. The van der Waals surface area contributed by atoms with Gasteiger partial charge in [-0.3, -0.25) is 62.3 Å². The van der Waals surface area contributed by atoms with Crippen LogP contribution in [0.2, 0.25) is 0 Å². The lowest BCUT2D eigenvalue weighted by molar-refractivity contribution is -0.142. The number of nitrogens with zero attached hydrogens (tertiary/aromatic N) is 2. The molecule has 2 aromatic heterocycles. The van der Waals surface area contributed by atoms with E-state index < -0.39 is 175 Å². The number of carboxylic acids is 2. The number of carbonyl (C=O) groups is 13. The number of H-pyrrole nitrogens is 2. The number of benzene rings is 1. The van der Waals surface area contributed by atoms with Gasteiger partial charge in [-0.05, 0) is 63.1 Å². The van der Waals surface area contributed by atoms with Crippen LogP contribution in [-0.4, -0.2) is 195 Å². The molecule has 3 aromatic rings. The van der Waals surface area contributed by atoms with E-state index in [9.17, 15) is 87.9 Å². The SMILES string of the molecule is CC(=O)N[C@@H](Cc1cnc[nH]1)C(=O)N[C@@H](CCC(=O)O)C(=O)N[C@@H](CC(C)C)C(=O)N[C@H](C(=O)N[C@@H](Cc1cnc[nH]1)C(=O)N[C@@H](C)C(=O)N[C@H](C(=O)N[C@H](C(=O)N[C@@H](CC(=O)O)C(=O)N[C@@H](Cc1ccc(O)cc1)C(N)=O)[C@@H](C)O)C(C)C)[C@@H](C)O. The summed E-state index contributed by atoms with van der Waals surface area (Å²) in [5, 5.41) is 74.1. The van der Waals surface area contributed by atoms with Crippen molar-refractivity contribution in [3.05, 3.63) is 66.3 Å². The highest BCUT2D eigenvalue weighted by Crippen LogP contribution is 2.14. The van der Waals surface area contributed by atoms with Crippen molar-refractivity contribution in [2.45, 2.75) is 173 Å². The van der Waals surface area contributed by atoms with Gasteiger partial charge in [0.05, 0.1) is 31.3 Å². The van der Waals surface area contributed by atoms with Gasteiger partial charge in [-0.2, -0.15) is 0 Å². The molecule has 0 aliphatic carbocycles. The van der Waals surface area contributed by atoms with E-state index in [0.717, 1.165) is 20.8 Å². The fraction of sp³-hybridized carbons (Fsp3) is 0.537. The number of rotatable bonds is 36. The summed E-state index contributed by atoms with van der Waals surface area (Å²) in [7, 11) is 0. The molecule has 87 heavy (non-hydrogen) atoms. The van der Waals surface area contributed by atoms with Crippen molar-refractivity contribution < 1.29 is 87.9 Å². The summed E-state index contributed by atoms with van der Waals surface area (Å²) >= 11 is 0. The van der Waals surface area contributed by atoms with Gasteiger partial charge in [-0.15, -0.1) is 0 Å². The number of phenolic OH excluding ortho intramolecular Hbond substituents is 1.